The molecule has 2 aromatic carbocycles. The Hall–Kier alpha value is -1.46. The maximum Gasteiger partial charge on any atom is 0.198 e. The number of ether oxygens (including phenoxy) is 1. The highest BCUT2D eigenvalue weighted by atomic mass is 79.9. The summed E-state index contributed by atoms with van der Waals surface area (Å²) in [5.41, 5.74) is 1.55. The second-order valence-corrected chi connectivity index (χ2v) is 5.31. The smallest absolute Gasteiger partial charge is 0.198 e. The lowest BCUT2D eigenvalue weighted by molar-refractivity contribution is 0.404. The van der Waals surface area contributed by atoms with Crippen molar-refractivity contribution in [3.05, 3.63) is 57.6 Å². The zero-order chi connectivity index (χ0) is 14.7. The maximum atomic E-state index is 13.9. The van der Waals surface area contributed by atoms with Crippen LogP contribution in [0.25, 0.3) is 0 Å². The van der Waals surface area contributed by atoms with Gasteiger partial charge in [0.25, 0.3) is 0 Å². The number of aryl methyl sites for hydroxylation is 1. The molecule has 0 fully saturated rings. The first kappa shape index (κ1) is 14.9. The van der Waals surface area contributed by atoms with Crippen molar-refractivity contribution in [2.75, 3.05) is 7.05 Å². The average Bonchev–Trinajstić information content (AvgIpc) is 2.36. The summed E-state index contributed by atoms with van der Waals surface area (Å²) in [7, 11) is 1.71. The van der Waals surface area contributed by atoms with Crippen LogP contribution in [0.15, 0.2) is 34.8 Å². The highest BCUT2D eigenvalue weighted by molar-refractivity contribution is 9.10. The van der Waals surface area contributed by atoms with Crippen molar-refractivity contribution in [1.29, 1.82) is 0 Å². The molecule has 0 saturated heterocycles. The van der Waals surface area contributed by atoms with E-state index in [1.165, 1.54) is 12.1 Å². The molecule has 2 nitrogen and oxygen atoms in total. The molecule has 0 aromatic heterocycles. The van der Waals surface area contributed by atoms with Crippen LogP contribution in [0.2, 0.25) is 0 Å². The summed E-state index contributed by atoms with van der Waals surface area (Å²) in [6, 6.07) is 7.82. The lowest BCUT2D eigenvalue weighted by Crippen LogP contribution is -2.06. The van der Waals surface area contributed by atoms with E-state index in [1.807, 2.05) is 19.1 Å². The van der Waals surface area contributed by atoms with Gasteiger partial charge in [0.15, 0.2) is 17.4 Å². The lowest BCUT2D eigenvalue weighted by atomic mass is 10.2. The summed E-state index contributed by atoms with van der Waals surface area (Å²) in [5.74, 6) is -1.46. The average molecular weight is 342 g/mol. The molecule has 0 heterocycles. The number of nitrogens with one attached hydrogen (secondary N) is 1. The Morgan fingerprint density at radius 1 is 1.15 bits per heavy atom. The highest BCUT2D eigenvalue weighted by Crippen LogP contribution is 2.33. The Kier molecular flexibility index (Phi) is 4.73. The van der Waals surface area contributed by atoms with Crippen LogP contribution in [0.1, 0.15) is 11.1 Å². The normalized spacial score (nSPS) is 10.7. The van der Waals surface area contributed by atoms with Gasteiger partial charge in [-0.15, -0.1) is 0 Å². The predicted octanol–water partition coefficient (Wildman–Crippen LogP) is 4.55. The van der Waals surface area contributed by atoms with Gasteiger partial charge in [0, 0.05) is 6.54 Å². The number of rotatable bonds is 4. The molecule has 0 amide bonds. The minimum absolute atomic E-state index is 0.370. The van der Waals surface area contributed by atoms with Crippen molar-refractivity contribution >= 4 is 15.9 Å². The van der Waals surface area contributed by atoms with Gasteiger partial charge in [-0.2, -0.15) is 0 Å². The summed E-state index contributed by atoms with van der Waals surface area (Å²) in [5, 5.41) is 2.84. The molecule has 0 saturated carbocycles. The van der Waals surface area contributed by atoms with E-state index in [4.69, 9.17) is 4.74 Å². The number of hydrogen-bond acceptors (Lipinski definition) is 2. The van der Waals surface area contributed by atoms with Gasteiger partial charge in [-0.05, 0) is 65.3 Å². The fourth-order valence-corrected chi connectivity index (χ4v) is 2.39. The van der Waals surface area contributed by atoms with Gasteiger partial charge in [0.2, 0.25) is 0 Å². The summed E-state index contributed by atoms with van der Waals surface area (Å²) < 4.78 is 33.8. The molecule has 0 aliphatic heterocycles. The monoisotopic (exact) mass is 341 g/mol. The molecule has 0 radical (unpaired) electrons. The molecule has 2 aromatic rings. The third kappa shape index (κ3) is 3.35. The van der Waals surface area contributed by atoms with Crippen molar-refractivity contribution in [2.45, 2.75) is 13.5 Å². The van der Waals surface area contributed by atoms with Gasteiger partial charge < -0.3 is 10.1 Å². The SMILES string of the molecule is CNCc1cc(F)c(Oc2ccc(C)cc2Br)c(F)c1. The zero-order valence-electron chi connectivity index (χ0n) is 11.1. The molecule has 5 heteroatoms. The van der Waals surface area contributed by atoms with Crippen molar-refractivity contribution < 1.29 is 13.5 Å². The molecule has 20 heavy (non-hydrogen) atoms. The van der Waals surface area contributed by atoms with E-state index in [-0.39, 0.29) is 0 Å². The Bertz CT molecular complexity index is 608. The van der Waals surface area contributed by atoms with Crippen molar-refractivity contribution in [3.63, 3.8) is 0 Å². The summed E-state index contributed by atoms with van der Waals surface area (Å²) in [6.45, 7) is 2.31. The largest absolute Gasteiger partial charge is 0.450 e. The van der Waals surface area contributed by atoms with Crippen molar-refractivity contribution in [2.24, 2.45) is 0 Å². The van der Waals surface area contributed by atoms with Crippen LogP contribution < -0.4 is 10.1 Å². The predicted molar refractivity (Wildman–Crippen MR) is 78.1 cm³/mol. The van der Waals surface area contributed by atoms with Crippen molar-refractivity contribution in [3.8, 4) is 11.5 Å². The van der Waals surface area contributed by atoms with E-state index in [1.54, 1.807) is 13.1 Å². The number of halogens is 3. The molecule has 0 unspecified atom stereocenters. The fraction of sp³-hybridized carbons (Fsp3) is 0.200. The fourth-order valence-electron chi connectivity index (χ4n) is 1.81. The van der Waals surface area contributed by atoms with Crippen LogP contribution >= 0.6 is 15.9 Å². The molecule has 0 aliphatic rings. The Balaban J connectivity index is 2.33. The van der Waals surface area contributed by atoms with Gasteiger partial charge in [-0.3, -0.25) is 0 Å². The van der Waals surface area contributed by atoms with E-state index >= 15 is 0 Å². The van der Waals surface area contributed by atoms with Crippen LogP contribution in [0, 0.1) is 18.6 Å². The van der Waals surface area contributed by atoms with Gasteiger partial charge in [0.05, 0.1) is 4.47 Å². The Morgan fingerprint density at radius 3 is 2.35 bits per heavy atom. The van der Waals surface area contributed by atoms with E-state index in [2.05, 4.69) is 21.2 Å². The van der Waals surface area contributed by atoms with Gasteiger partial charge in [-0.1, -0.05) is 6.07 Å². The van der Waals surface area contributed by atoms with Crippen LogP contribution in [-0.4, -0.2) is 7.05 Å². The van der Waals surface area contributed by atoms with E-state index in [0.29, 0.717) is 22.3 Å². The minimum Gasteiger partial charge on any atom is -0.450 e. The number of benzene rings is 2. The van der Waals surface area contributed by atoms with Crippen LogP contribution in [0.5, 0.6) is 11.5 Å². The van der Waals surface area contributed by atoms with Crippen LogP contribution in [0.3, 0.4) is 0 Å². The van der Waals surface area contributed by atoms with Crippen LogP contribution in [-0.2, 0) is 6.54 Å². The van der Waals surface area contributed by atoms with E-state index < -0.39 is 17.4 Å². The van der Waals surface area contributed by atoms with Crippen molar-refractivity contribution in [1.82, 2.24) is 5.32 Å². The zero-order valence-corrected chi connectivity index (χ0v) is 12.7. The maximum absolute atomic E-state index is 13.9. The molecule has 0 spiro atoms. The van der Waals surface area contributed by atoms with E-state index in [9.17, 15) is 8.78 Å². The molecular weight excluding hydrogens is 328 g/mol. The first-order chi connectivity index (χ1) is 9.51. The first-order valence-electron chi connectivity index (χ1n) is 6.08. The summed E-state index contributed by atoms with van der Waals surface area (Å²) in [4.78, 5) is 0. The van der Waals surface area contributed by atoms with Crippen LogP contribution in [0.4, 0.5) is 8.78 Å². The quantitative estimate of drug-likeness (QED) is 0.880. The second kappa shape index (κ2) is 6.33. The molecule has 0 atom stereocenters. The molecule has 0 bridgehead atoms. The van der Waals surface area contributed by atoms with Gasteiger partial charge in [-0.25, -0.2) is 8.78 Å². The summed E-state index contributed by atoms with van der Waals surface area (Å²) in [6.07, 6.45) is 0. The number of hydrogen-bond donors (Lipinski definition) is 1. The van der Waals surface area contributed by atoms with Gasteiger partial charge >= 0.3 is 0 Å². The third-order valence-electron chi connectivity index (χ3n) is 2.74. The molecular formula is C15H14BrF2NO. The van der Waals surface area contributed by atoms with Gasteiger partial charge in [0.1, 0.15) is 5.75 Å². The third-order valence-corrected chi connectivity index (χ3v) is 3.36. The molecule has 106 valence electrons. The molecule has 0 aliphatic carbocycles. The van der Waals surface area contributed by atoms with E-state index in [0.717, 1.165) is 5.56 Å². The topological polar surface area (TPSA) is 21.3 Å². The lowest BCUT2D eigenvalue weighted by Gasteiger charge is -2.11. The highest BCUT2D eigenvalue weighted by Gasteiger charge is 2.15. The Labute approximate surface area is 124 Å². The second-order valence-electron chi connectivity index (χ2n) is 4.45. The first-order valence-corrected chi connectivity index (χ1v) is 6.87. The standard InChI is InChI=1S/C15H14BrF2NO/c1-9-3-4-14(11(16)5-9)20-15-12(17)6-10(8-19-2)7-13(15)18/h3-7,19H,8H2,1-2H3. The Morgan fingerprint density at radius 2 is 1.80 bits per heavy atom. The molecule has 1 N–H and O–H groups in total. The minimum atomic E-state index is -0.720. The summed E-state index contributed by atoms with van der Waals surface area (Å²) >= 11 is 3.31. The molecule has 2 rings (SSSR count).